The van der Waals surface area contributed by atoms with E-state index in [0.29, 0.717) is 0 Å². The first-order chi connectivity index (χ1) is 8.31. The maximum Gasteiger partial charge on any atom is 0.242 e. The van der Waals surface area contributed by atoms with E-state index in [2.05, 4.69) is 26.6 Å². The quantitative estimate of drug-likeness (QED) is 0.894. The zero-order chi connectivity index (χ0) is 13.9. The molecule has 1 unspecified atom stereocenters. The Morgan fingerprint density at radius 3 is 2.11 bits per heavy atom. The highest BCUT2D eigenvalue weighted by Gasteiger charge is 2.13. The largest absolute Gasteiger partial charge is 0.374 e. The minimum atomic E-state index is -0.243. The van der Waals surface area contributed by atoms with Crippen LogP contribution in [0.1, 0.15) is 31.9 Å². The molecule has 0 bridgehead atoms. The van der Waals surface area contributed by atoms with Gasteiger partial charge in [0, 0.05) is 16.2 Å². The first-order valence-electron chi connectivity index (χ1n) is 6.15. The van der Waals surface area contributed by atoms with Gasteiger partial charge >= 0.3 is 0 Å². The minimum absolute atomic E-state index is 0.0169. The molecule has 1 rings (SSSR count). The van der Waals surface area contributed by atoms with E-state index in [-0.39, 0.29) is 18.0 Å². The highest BCUT2D eigenvalue weighted by Crippen LogP contribution is 2.25. The Morgan fingerprint density at radius 2 is 1.67 bits per heavy atom. The number of nitrogens with one attached hydrogen (secondary N) is 2. The molecule has 0 heterocycles. The van der Waals surface area contributed by atoms with Crippen LogP contribution in [-0.2, 0) is 4.79 Å². The van der Waals surface area contributed by atoms with Crippen LogP contribution >= 0.6 is 15.9 Å². The number of rotatable bonds is 4. The monoisotopic (exact) mass is 312 g/mol. The van der Waals surface area contributed by atoms with E-state index < -0.39 is 0 Å². The number of carbonyl (C=O) groups excluding carboxylic acids is 1. The SMILES string of the molecule is Cc1cc(NC(C)C(=O)NC(C)C)cc(C)c1Br. The Kier molecular flexibility index (Phi) is 5.20. The van der Waals surface area contributed by atoms with E-state index in [1.54, 1.807) is 0 Å². The molecule has 3 nitrogen and oxygen atoms in total. The first-order valence-corrected chi connectivity index (χ1v) is 6.94. The second kappa shape index (κ2) is 6.23. The highest BCUT2D eigenvalue weighted by molar-refractivity contribution is 9.10. The van der Waals surface area contributed by atoms with Gasteiger partial charge in [-0.3, -0.25) is 4.79 Å². The Balaban J connectivity index is 2.76. The molecule has 0 fully saturated rings. The fraction of sp³-hybridized carbons (Fsp3) is 0.500. The van der Waals surface area contributed by atoms with Gasteiger partial charge in [0.25, 0.3) is 0 Å². The summed E-state index contributed by atoms with van der Waals surface area (Å²) in [5, 5.41) is 6.12. The smallest absolute Gasteiger partial charge is 0.242 e. The summed E-state index contributed by atoms with van der Waals surface area (Å²) in [5.74, 6) is 0.0169. The van der Waals surface area contributed by atoms with Crippen LogP contribution in [0.2, 0.25) is 0 Å². The number of amides is 1. The van der Waals surface area contributed by atoms with Gasteiger partial charge in [-0.15, -0.1) is 0 Å². The number of hydrogen-bond donors (Lipinski definition) is 2. The maximum absolute atomic E-state index is 11.8. The highest BCUT2D eigenvalue weighted by atomic mass is 79.9. The lowest BCUT2D eigenvalue weighted by Crippen LogP contribution is -2.41. The lowest BCUT2D eigenvalue weighted by atomic mass is 10.1. The molecule has 0 spiro atoms. The molecule has 0 saturated heterocycles. The summed E-state index contributed by atoms with van der Waals surface area (Å²) in [6.07, 6.45) is 0. The molecule has 18 heavy (non-hydrogen) atoms. The van der Waals surface area contributed by atoms with Gasteiger partial charge in [-0.05, 0) is 57.9 Å². The van der Waals surface area contributed by atoms with Gasteiger partial charge in [0.15, 0.2) is 0 Å². The van der Waals surface area contributed by atoms with Gasteiger partial charge < -0.3 is 10.6 Å². The third-order valence-electron chi connectivity index (χ3n) is 2.64. The normalized spacial score (nSPS) is 12.4. The number of anilines is 1. The molecule has 0 radical (unpaired) electrons. The molecule has 1 amide bonds. The summed E-state index contributed by atoms with van der Waals surface area (Å²) < 4.78 is 1.12. The zero-order valence-corrected chi connectivity index (χ0v) is 13.2. The van der Waals surface area contributed by atoms with Crippen LogP contribution in [0, 0.1) is 13.8 Å². The van der Waals surface area contributed by atoms with Crippen molar-refractivity contribution in [3.05, 3.63) is 27.7 Å². The van der Waals surface area contributed by atoms with Crippen LogP contribution in [-0.4, -0.2) is 18.0 Å². The van der Waals surface area contributed by atoms with E-state index in [4.69, 9.17) is 0 Å². The molecule has 0 aliphatic rings. The molecule has 1 aromatic carbocycles. The summed E-state index contributed by atoms with van der Waals surface area (Å²) in [7, 11) is 0. The number of aryl methyl sites for hydroxylation is 2. The van der Waals surface area contributed by atoms with E-state index >= 15 is 0 Å². The van der Waals surface area contributed by atoms with Crippen molar-refractivity contribution in [3.8, 4) is 0 Å². The predicted molar refractivity (Wildman–Crippen MR) is 80.0 cm³/mol. The van der Waals surface area contributed by atoms with Gasteiger partial charge in [-0.25, -0.2) is 0 Å². The minimum Gasteiger partial charge on any atom is -0.374 e. The van der Waals surface area contributed by atoms with Crippen molar-refractivity contribution in [2.75, 3.05) is 5.32 Å². The van der Waals surface area contributed by atoms with Crippen LogP contribution in [0.15, 0.2) is 16.6 Å². The summed E-state index contributed by atoms with van der Waals surface area (Å²) >= 11 is 3.53. The second-order valence-electron chi connectivity index (χ2n) is 4.95. The number of halogens is 1. The number of hydrogen-bond acceptors (Lipinski definition) is 2. The topological polar surface area (TPSA) is 41.1 Å². The standard InChI is InChI=1S/C14H21BrN2O/c1-8(2)16-14(18)11(5)17-12-6-9(3)13(15)10(4)7-12/h6-8,11,17H,1-5H3,(H,16,18). The Morgan fingerprint density at radius 1 is 1.17 bits per heavy atom. The molecule has 4 heteroatoms. The molecule has 1 atom stereocenters. The molecular formula is C14H21BrN2O. The average Bonchev–Trinajstić information content (AvgIpc) is 2.24. The number of carbonyl (C=O) groups is 1. The fourth-order valence-electron chi connectivity index (χ4n) is 1.75. The van der Waals surface area contributed by atoms with Crippen molar-refractivity contribution >= 4 is 27.5 Å². The molecule has 0 aliphatic carbocycles. The van der Waals surface area contributed by atoms with Crippen LogP contribution in [0.5, 0.6) is 0 Å². The third-order valence-corrected chi connectivity index (χ3v) is 3.89. The van der Waals surface area contributed by atoms with Gasteiger partial charge in [-0.2, -0.15) is 0 Å². The lowest BCUT2D eigenvalue weighted by molar-refractivity contribution is -0.122. The van der Waals surface area contributed by atoms with Crippen molar-refractivity contribution in [1.29, 1.82) is 0 Å². The van der Waals surface area contributed by atoms with Gasteiger partial charge in [0.2, 0.25) is 5.91 Å². The Labute approximate surface area is 117 Å². The molecular weight excluding hydrogens is 292 g/mol. The van der Waals surface area contributed by atoms with E-state index in [1.807, 2.05) is 46.8 Å². The van der Waals surface area contributed by atoms with Crippen LogP contribution in [0.4, 0.5) is 5.69 Å². The van der Waals surface area contributed by atoms with Crippen molar-refractivity contribution in [3.63, 3.8) is 0 Å². The Bertz CT molecular complexity index is 420. The maximum atomic E-state index is 11.8. The molecule has 0 aliphatic heterocycles. The summed E-state index contributed by atoms with van der Waals surface area (Å²) in [4.78, 5) is 11.8. The second-order valence-corrected chi connectivity index (χ2v) is 5.75. The molecule has 0 saturated carbocycles. The van der Waals surface area contributed by atoms with E-state index in [0.717, 1.165) is 21.3 Å². The zero-order valence-electron chi connectivity index (χ0n) is 11.6. The van der Waals surface area contributed by atoms with Crippen LogP contribution in [0.25, 0.3) is 0 Å². The summed E-state index contributed by atoms with van der Waals surface area (Å²) in [5.41, 5.74) is 3.29. The molecule has 100 valence electrons. The van der Waals surface area contributed by atoms with Crippen molar-refractivity contribution in [2.24, 2.45) is 0 Å². The molecule has 2 N–H and O–H groups in total. The average molecular weight is 313 g/mol. The van der Waals surface area contributed by atoms with Crippen LogP contribution < -0.4 is 10.6 Å². The number of benzene rings is 1. The van der Waals surface area contributed by atoms with Gasteiger partial charge in [-0.1, -0.05) is 15.9 Å². The van der Waals surface area contributed by atoms with E-state index in [9.17, 15) is 4.79 Å². The Hall–Kier alpha value is -1.03. The summed E-state index contributed by atoms with van der Waals surface area (Å²) in [6, 6.07) is 3.99. The lowest BCUT2D eigenvalue weighted by Gasteiger charge is -2.18. The molecule has 0 aromatic heterocycles. The summed E-state index contributed by atoms with van der Waals surface area (Å²) in [6.45, 7) is 9.86. The molecule has 1 aromatic rings. The third kappa shape index (κ3) is 4.02. The van der Waals surface area contributed by atoms with Crippen molar-refractivity contribution in [1.82, 2.24) is 5.32 Å². The van der Waals surface area contributed by atoms with Crippen molar-refractivity contribution in [2.45, 2.75) is 46.7 Å². The van der Waals surface area contributed by atoms with E-state index in [1.165, 1.54) is 0 Å². The predicted octanol–water partition coefficient (Wildman–Crippen LogP) is 3.39. The van der Waals surface area contributed by atoms with Gasteiger partial charge in [0.05, 0.1) is 0 Å². The fourth-order valence-corrected chi connectivity index (χ4v) is 1.98. The first kappa shape index (κ1) is 15.0. The van der Waals surface area contributed by atoms with Crippen LogP contribution in [0.3, 0.4) is 0 Å². The van der Waals surface area contributed by atoms with Gasteiger partial charge in [0.1, 0.15) is 6.04 Å². The van der Waals surface area contributed by atoms with Crippen molar-refractivity contribution < 1.29 is 4.79 Å².